The molecule has 2 heterocycles. The zero-order valence-electron chi connectivity index (χ0n) is 15.9. The fourth-order valence-corrected chi connectivity index (χ4v) is 4.48. The molecule has 3 aromatic rings. The molecule has 6 nitrogen and oxygen atoms in total. The van der Waals surface area contributed by atoms with Crippen LogP contribution in [0.15, 0.2) is 42.5 Å². The van der Waals surface area contributed by atoms with Crippen LogP contribution in [-0.4, -0.2) is 29.9 Å². The summed E-state index contributed by atoms with van der Waals surface area (Å²) in [6.07, 6.45) is 1.47. The molecule has 150 valence electrons. The van der Waals surface area contributed by atoms with E-state index in [-0.39, 0.29) is 23.5 Å². The number of fused-ring (bicyclic) bond motifs is 1. The lowest BCUT2D eigenvalue weighted by molar-refractivity contribution is -0.120. The van der Waals surface area contributed by atoms with Crippen LogP contribution < -0.4 is 15.5 Å². The number of aromatic nitrogens is 1. The van der Waals surface area contributed by atoms with Crippen molar-refractivity contribution < 1.29 is 14.0 Å². The molecule has 2 amide bonds. The number of hydrogen-bond acceptors (Lipinski definition) is 5. The highest BCUT2D eigenvalue weighted by Gasteiger charge is 2.26. The molecule has 0 unspecified atom stereocenters. The Balaban J connectivity index is 1.33. The number of carbonyl (C=O) groups excluding carboxylic acids is 2. The molecule has 0 radical (unpaired) electrons. The van der Waals surface area contributed by atoms with Crippen LogP contribution in [0.2, 0.25) is 0 Å². The number of rotatable bonds is 4. The van der Waals surface area contributed by atoms with Crippen LogP contribution in [-0.2, 0) is 9.59 Å². The molecule has 1 aliphatic heterocycles. The van der Waals surface area contributed by atoms with E-state index in [1.165, 1.54) is 30.4 Å². The number of halogens is 1. The molecule has 4 rings (SSSR count). The van der Waals surface area contributed by atoms with Gasteiger partial charge in [-0.05, 0) is 55.3 Å². The third kappa shape index (κ3) is 4.54. The maximum Gasteiger partial charge on any atom is 0.227 e. The number of thiazole rings is 1. The van der Waals surface area contributed by atoms with Gasteiger partial charge < -0.3 is 15.5 Å². The van der Waals surface area contributed by atoms with Crippen molar-refractivity contribution in [1.29, 1.82) is 0 Å². The highest BCUT2D eigenvalue weighted by atomic mass is 32.1. The van der Waals surface area contributed by atoms with E-state index in [1.807, 2.05) is 0 Å². The zero-order valence-corrected chi connectivity index (χ0v) is 16.8. The van der Waals surface area contributed by atoms with Crippen molar-refractivity contribution in [3.63, 3.8) is 0 Å². The van der Waals surface area contributed by atoms with Crippen LogP contribution in [0.1, 0.15) is 19.8 Å². The molecule has 0 atom stereocenters. The van der Waals surface area contributed by atoms with Gasteiger partial charge in [0.25, 0.3) is 0 Å². The van der Waals surface area contributed by atoms with Gasteiger partial charge in [-0.25, -0.2) is 9.37 Å². The smallest absolute Gasteiger partial charge is 0.227 e. The van der Waals surface area contributed by atoms with Gasteiger partial charge in [-0.15, -0.1) is 0 Å². The number of hydrogen-bond donors (Lipinski definition) is 2. The molecule has 2 N–H and O–H groups in total. The predicted molar refractivity (Wildman–Crippen MR) is 114 cm³/mol. The van der Waals surface area contributed by atoms with Gasteiger partial charge in [0.05, 0.1) is 10.2 Å². The first-order valence-corrected chi connectivity index (χ1v) is 10.3. The normalized spacial score (nSPS) is 14.8. The number of amides is 2. The van der Waals surface area contributed by atoms with Crippen molar-refractivity contribution in [1.82, 2.24) is 4.98 Å². The molecule has 0 saturated carbocycles. The minimum atomic E-state index is -0.256. The zero-order chi connectivity index (χ0) is 20.4. The van der Waals surface area contributed by atoms with Gasteiger partial charge >= 0.3 is 0 Å². The standard InChI is InChI=1S/C21H21FN4O2S/c1-13(27)23-16-3-5-17(6-4-16)24-20(28)14-8-10-26(11-9-14)21-25-18-7-2-15(22)12-19(18)29-21/h2-7,12,14H,8-11H2,1H3,(H,23,27)(H,24,28). The summed E-state index contributed by atoms with van der Waals surface area (Å²) in [4.78, 5) is 30.4. The Labute approximate surface area is 171 Å². The van der Waals surface area contributed by atoms with Gasteiger partial charge in [0.1, 0.15) is 5.82 Å². The monoisotopic (exact) mass is 412 g/mol. The maximum absolute atomic E-state index is 13.4. The lowest BCUT2D eigenvalue weighted by Gasteiger charge is -2.31. The van der Waals surface area contributed by atoms with E-state index in [2.05, 4.69) is 20.5 Å². The van der Waals surface area contributed by atoms with E-state index in [0.29, 0.717) is 11.4 Å². The summed E-state index contributed by atoms with van der Waals surface area (Å²) in [6.45, 7) is 2.93. The second-order valence-corrected chi connectivity index (χ2v) is 8.13. The molecule has 1 aromatic heterocycles. The largest absolute Gasteiger partial charge is 0.348 e. The van der Waals surface area contributed by atoms with Crippen LogP contribution in [0, 0.1) is 11.7 Å². The second-order valence-electron chi connectivity index (χ2n) is 7.12. The number of anilines is 3. The van der Waals surface area contributed by atoms with E-state index in [4.69, 9.17) is 0 Å². The highest BCUT2D eigenvalue weighted by molar-refractivity contribution is 7.22. The summed E-state index contributed by atoms with van der Waals surface area (Å²) in [6, 6.07) is 11.7. The van der Waals surface area contributed by atoms with E-state index in [1.54, 1.807) is 30.3 Å². The molecule has 1 saturated heterocycles. The van der Waals surface area contributed by atoms with Gasteiger partial charge in [0.2, 0.25) is 11.8 Å². The van der Waals surface area contributed by atoms with Crippen LogP contribution in [0.4, 0.5) is 20.9 Å². The van der Waals surface area contributed by atoms with Crippen LogP contribution >= 0.6 is 11.3 Å². The Kier molecular flexibility index (Phi) is 5.44. The van der Waals surface area contributed by atoms with Crippen molar-refractivity contribution in [2.24, 2.45) is 5.92 Å². The number of nitrogens with one attached hydrogen (secondary N) is 2. The first kappa shape index (κ1) is 19.3. The third-order valence-electron chi connectivity index (χ3n) is 4.95. The summed E-state index contributed by atoms with van der Waals surface area (Å²) in [5.41, 5.74) is 2.20. The Hall–Kier alpha value is -3.00. The van der Waals surface area contributed by atoms with Crippen molar-refractivity contribution in [3.8, 4) is 0 Å². The average molecular weight is 412 g/mol. The van der Waals surface area contributed by atoms with Crippen molar-refractivity contribution >= 4 is 49.9 Å². The number of carbonyl (C=O) groups is 2. The molecule has 2 aromatic carbocycles. The van der Waals surface area contributed by atoms with Crippen LogP contribution in [0.3, 0.4) is 0 Å². The Morgan fingerprint density at radius 2 is 1.72 bits per heavy atom. The summed E-state index contributed by atoms with van der Waals surface area (Å²) >= 11 is 1.48. The predicted octanol–water partition coefficient (Wildman–Crippen LogP) is 4.25. The molecule has 1 fully saturated rings. The molecule has 1 aliphatic rings. The van der Waals surface area contributed by atoms with E-state index in [0.717, 1.165) is 41.3 Å². The fraction of sp³-hybridized carbons (Fsp3) is 0.286. The second kappa shape index (κ2) is 8.16. The van der Waals surface area contributed by atoms with Crippen LogP contribution in [0.25, 0.3) is 10.2 Å². The highest BCUT2D eigenvalue weighted by Crippen LogP contribution is 2.32. The summed E-state index contributed by atoms with van der Waals surface area (Å²) < 4.78 is 14.2. The van der Waals surface area contributed by atoms with Gasteiger partial charge in [0.15, 0.2) is 5.13 Å². The summed E-state index contributed by atoms with van der Waals surface area (Å²) in [5, 5.41) is 6.52. The van der Waals surface area contributed by atoms with Gasteiger partial charge in [-0.1, -0.05) is 11.3 Å². The Morgan fingerprint density at radius 1 is 1.07 bits per heavy atom. The van der Waals surface area contributed by atoms with Crippen molar-refractivity contribution in [2.45, 2.75) is 19.8 Å². The van der Waals surface area contributed by atoms with Gasteiger partial charge in [-0.3, -0.25) is 9.59 Å². The van der Waals surface area contributed by atoms with Gasteiger partial charge in [-0.2, -0.15) is 0 Å². The third-order valence-corrected chi connectivity index (χ3v) is 6.03. The molecular weight excluding hydrogens is 391 g/mol. The van der Waals surface area contributed by atoms with E-state index >= 15 is 0 Å². The van der Waals surface area contributed by atoms with Crippen LogP contribution in [0.5, 0.6) is 0 Å². The van der Waals surface area contributed by atoms with E-state index < -0.39 is 0 Å². The summed E-state index contributed by atoms with van der Waals surface area (Å²) in [7, 11) is 0. The molecule has 29 heavy (non-hydrogen) atoms. The Bertz CT molecular complexity index is 1040. The maximum atomic E-state index is 13.4. The number of benzene rings is 2. The molecule has 0 spiro atoms. The van der Waals surface area contributed by atoms with E-state index in [9.17, 15) is 14.0 Å². The lowest BCUT2D eigenvalue weighted by atomic mass is 9.96. The fourth-order valence-electron chi connectivity index (χ4n) is 3.44. The minimum absolute atomic E-state index is 0.00305. The van der Waals surface area contributed by atoms with Gasteiger partial charge in [0, 0.05) is 37.3 Å². The number of piperidine rings is 1. The van der Waals surface area contributed by atoms with Crippen molar-refractivity contribution in [3.05, 3.63) is 48.3 Å². The molecule has 8 heteroatoms. The Morgan fingerprint density at radius 3 is 2.38 bits per heavy atom. The first-order valence-electron chi connectivity index (χ1n) is 9.47. The summed E-state index contributed by atoms with van der Waals surface area (Å²) in [5.74, 6) is -0.448. The van der Waals surface area contributed by atoms with Crippen molar-refractivity contribution in [2.75, 3.05) is 28.6 Å². The molecule has 0 bridgehead atoms. The number of nitrogens with zero attached hydrogens (tertiary/aromatic N) is 2. The minimum Gasteiger partial charge on any atom is -0.348 e. The average Bonchev–Trinajstić information content (AvgIpc) is 3.12. The quantitative estimate of drug-likeness (QED) is 0.672. The first-order chi connectivity index (χ1) is 14.0. The SMILES string of the molecule is CC(=O)Nc1ccc(NC(=O)C2CCN(c3nc4ccc(F)cc4s3)CC2)cc1. The lowest BCUT2D eigenvalue weighted by Crippen LogP contribution is -2.38. The topological polar surface area (TPSA) is 74.3 Å². The molecular formula is C21H21FN4O2S. The molecule has 0 aliphatic carbocycles.